The van der Waals surface area contributed by atoms with Gasteiger partial charge in [-0.15, -0.1) is 11.3 Å². The Morgan fingerprint density at radius 1 is 0.935 bits per heavy atom. The summed E-state index contributed by atoms with van der Waals surface area (Å²) in [6, 6.07) is 21.2. The summed E-state index contributed by atoms with van der Waals surface area (Å²) < 4.78 is 18.9. The number of furan rings is 1. The van der Waals surface area contributed by atoms with Crippen molar-refractivity contribution < 1.29 is 18.4 Å². The molecule has 2 amide bonds. The van der Waals surface area contributed by atoms with Crippen LogP contribution in [0.5, 0.6) is 0 Å². The molecule has 31 heavy (non-hydrogen) atoms. The van der Waals surface area contributed by atoms with Crippen molar-refractivity contribution >= 4 is 23.2 Å². The molecule has 0 aliphatic rings. The molecule has 156 valence electrons. The zero-order chi connectivity index (χ0) is 21.6. The number of amides is 2. The number of halogens is 1. The minimum atomic E-state index is -0.845. The van der Waals surface area contributed by atoms with Gasteiger partial charge in [0.2, 0.25) is 5.91 Å². The van der Waals surface area contributed by atoms with Crippen LogP contribution in [0.2, 0.25) is 0 Å². The zero-order valence-corrected chi connectivity index (χ0v) is 17.2. The Labute approximate surface area is 182 Å². The van der Waals surface area contributed by atoms with Gasteiger partial charge in [-0.25, -0.2) is 4.39 Å². The van der Waals surface area contributed by atoms with Gasteiger partial charge >= 0.3 is 0 Å². The third-order valence-electron chi connectivity index (χ3n) is 4.64. The van der Waals surface area contributed by atoms with E-state index in [1.807, 2.05) is 23.6 Å². The number of rotatable bonds is 7. The first-order valence-corrected chi connectivity index (χ1v) is 10.5. The van der Waals surface area contributed by atoms with Crippen LogP contribution in [0.1, 0.15) is 27.0 Å². The van der Waals surface area contributed by atoms with Gasteiger partial charge in [0.1, 0.15) is 23.4 Å². The Morgan fingerprint density at radius 2 is 1.71 bits per heavy atom. The molecular weight excluding hydrogens is 415 g/mol. The van der Waals surface area contributed by atoms with E-state index in [1.165, 1.54) is 23.5 Å². The van der Waals surface area contributed by atoms with Crippen LogP contribution in [0.3, 0.4) is 0 Å². The van der Waals surface area contributed by atoms with E-state index in [2.05, 4.69) is 10.6 Å². The molecule has 2 heterocycles. The first kappa shape index (κ1) is 20.6. The summed E-state index contributed by atoms with van der Waals surface area (Å²) in [5, 5.41) is 7.43. The largest absolute Gasteiger partial charge is 0.459 e. The van der Waals surface area contributed by atoms with Gasteiger partial charge in [0.15, 0.2) is 0 Å². The third-order valence-corrected chi connectivity index (χ3v) is 5.51. The molecule has 1 unspecified atom stereocenters. The molecule has 0 aliphatic carbocycles. The van der Waals surface area contributed by atoms with E-state index in [0.29, 0.717) is 22.0 Å². The summed E-state index contributed by atoms with van der Waals surface area (Å²) in [6.45, 7) is 0.151. The van der Waals surface area contributed by atoms with Crippen molar-refractivity contribution in [1.82, 2.24) is 10.6 Å². The highest BCUT2D eigenvalue weighted by atomic mass is 32.1. The van der Waals surface area contributed by atoms with Crippen LogP contribution in [0, 0.1) is 5.82 Å². The maximum absolute atomic E-state index is 13.1. The number of nitrogens with one attached hydrogen (secondary N) is 2. The second kappa shape index (κ2) is 9.40. The lowest BCUT2D eigenvalue weighted by molar-refractivity contribution is -0.123. The van der Waals surface area contributed by atoms with Crippen LogP contribution in [0.15, 0.2) is 88.7 Å². The minimum absolute atomic E-state index is 0.151. The second-order valence-electron chi connectivity index (χ2n) is 6.79. The van der Waals surface area contributed by atoms with Gasteiger partial charge in [0.05, 0.1) is 11.4 Å². The number of carbonyl (C=O) groups excluding carboxylic acids is 2. The smallest absolute Gasteiger partial charge is 0.262 e. The molecule has 0 radical (unpaired) electrons. The molecule has 0 bridgehead atoms. The van der Waals surface area contributed by atoms with Gasteiger partial charge in [-0.2, -0.15) is 0 Å². The Balaban J connectivity index is 1.45. The lowest BCUT2D eigenvalue weighted by Gasteiger charge is -2.18. The molecule has 4 aromatic rings. The van der Waals surface area contributed by atoms with Crippen LogP contribution in [0.4, 0.5) is 4.39 Å². The van der Waals surface area contributed by atoms with E-state index in [1.54, 1.807) is 48.5 Å². The molecule has 1 atom stereocenters. The van der Waals surface area contributed by atoms with Crippen molar-refractivity contribution in [3.8, 4) is 11.3 Å². The lowest BCUT2D eigenvalue weighted by atomic mass is 10.1. The van der Waals surface area contributed by atoms with Crippen LogP contribution < -0.4 is 10.6 Å². The number of carbonyl (C=O) groups is 2. The molecule has 0 fully saturated rings. The summed E-state index contributed by atoms with van der Waals surface area (Å²) in [6.07, 6.45) is 0. The lowest BCUT2D eigenvalue weighted by Crippen LogP contribution is -2.40. The van der Waals surface area contributed by atoms with Crippen molar-refractivity contribution in [3.63, 3.8) is 0 Å². The Morgan fingerprint density at radius 3 is 2.42 bits per heavy atom. The molecule has 0 spiro atoms. The average molecular weight is 434 g/mol. The second-order valence-corrected chi connectivity index (χ2v) is 7.73. The molecule has 0 aliphatic heterocycles. The van der Waals surface area contributed by atoms with Crippen LogP contribution >= 0.6 is 11.3 Å². The average Bonchev–Trinajstić information content (AvgIpc) is 3.49. The topological polar surface area (TPSA) is 71.3 Å². The summed E-state index contributed by atoms with van der Waals surface area (Å²) in [7, 11) is 0. The number of thiophene rings is 1. The van der Waals surface area contributed by atoms with E-state index < -0.39 is 6.04 Å². The van der Waals surface area contributed by atoms with Crippen LogP contribution in [-0.4, -0.2) is 11.8 Å². The monoisotopic (exact) mass is 434 g/mol. The fraction of sp³-hybridized carbons (Fsp3) is 0.0833. The van der Waals surface area contributed by atoms with E-state index >= 15 is 0 Å². The molecule has 5 nitrogen and oxygen atoms in total. The first-order valence-electron chi connectivity index (χ1n) is 9.62. The van der Waals surface area contributed by atoms with E-state index in [4.69, 9.17) is 4.42 Å². The molecule has 0 saturated carbocycles. The predicted octanol–water partition coefficient (Wildman–Crippen LogP) is 4.93. The Hall–Kier alpha value is -3.71. The van der Waals surface area contributed by atoms with Crippen molar-refractivity contribution in [1.29, 1.82) is 0 Å². The molecule has 7 heteroatoms. The Bertz CT molecular complexity index is 1160. The summed E-state index contributed by atoms with van der Waals surface area (Å²) >= 11 is 1.31. The minimum Gasteiger partial charge on any atom is -0.459 e. The van der Waals surface area contributed by atoms with E-state index in [9.17, 15) is 14.0 Å². The molecule has 2 aromatic carbocycles. The third kappa shape index (κ3) is 5.07. The zero-order valence-electron chi connectivity index (χ0n) is 16.4. The molecular formula is C24H19FN2O3S. The van der Waals surface area contributed by atoms with Crippen molar-refractivity contribution in [2.75, 3.05) is 0 Å². The number of benzene rings is 2. The van der Waals surface area contributed by atoms with Gasteiger partial charge in [0.25, 0.3) is 5.91 Å². The quantitative estimate of drug-likeness (QED) is 0.433. The van der Waals surface area contributed by atoms with Crippen LogP contribution in [-0.2, 0) is 11.3 Å². The first-order chi connectivity index (χ1) is 15.1. The van der Waals surface area contributed by atoms with Gasteiger partial charge < -0.3 is 15.1 Å². The fourth-order valence-electron chi connectivity index (χ4n) is 3.07. The number of hydrogen-bond acceptors (Lipinski definition) is 4. The van der Waals surface area contributed by atoms with Gasteiger partial charge in [-0.05, 0) is 53.4 Å². The predicted molar refractivity (Wildman–Crippen MR) is 117 cm³/mol. The van der Waals surface area contributed by atoms with Crippen molar-refractivity contribution in [2.24, 2.45) is 0 Å². The van der Waals surface area contributed by atoms with Crippen molar-refractivity contribution in [2.45, 2.75) is 12.6 Å². The van der Waals surface area contributed by atoms with E-state index in [-0.39, 0.29) is 24.2 Å². The highest BCUT2D eigenvalue weighted by Crippen LogP contribution is 2.23. The van der Waals surface area contributed by atoms with Gasteiger partial charge in [-0.1, -0.05) is 36.4 Å². The molecule has 2 N–H and O–H groups in total. The molecule has 0 saturated heterocycles. The maximum atomic E-state index is 13.1. The highest BCUT2D eigenvalue weighted by molar-refractivity contribution is 7.12. The van der Waals surface area contributed by atoms with Crippen LogP contribution in [0.25, 0.3) is 11.3 Å². The molecule has 4 rings (SSSR count). The SMILES string of the molecule is O=C(NC(C(=O)NCc1ccc(-c2ccc(F)cc2)o1)c1ccccc1)c1cccs1. The van der Waals surface area contributed by atoms with E-state index in [0.717, 1.165) is 5.56 Å². The van der Waals surface area contributed by atoms with Crippen molar-refractivity contribution in [3.05, 3.63) is 106 Å². The van der Waals surface area contributed by atoms with Gasteiger partial charge in [-0.3, -0.25) is 9.59 Å². The maximum Gasteiger partial charge on any atom is 0.262 e. The Kier molecular flexibility index (Phi) is 6.24. The normalized spacial score (nSPS) is 11.6. The number of hydrogen-bond donors (Lipinski definition) is 2. The summed E-state index contributed by atoms with van der Waals surface area (Å²) in [4.78, 5) is 26.0. The standard InChI is InChI=1S/C24H19FN2O3S/c25-18-10-8-16(9-11-18)20-13-12-19(30-20)15-26-24(29)22(17-5-2-1-3-6-17)27-23(28)21-7-4-14-31-21/h1-14,22H,15H2,(H,26,29)(H,27,28). The van der Waals surface area contributed by atoms with Gasteiger partial charge in [0, 0.05) is 5.56 Å². The summed E-state index contributed by atoms with van der Waals surface area (Å²) in [5.41, 5.74) is 1.42. The highest BCUT2D eigenvalue weighted by Gasteiger charge is 2.23. The molecule has 2 aromatic heterocycles. The fourth-order valence-corrected chi connectivity index (χ4v) is 3.70. The summed E-state index contributed by atoms with van der Waals surface area (Å²) in [5.74, 6) is 0.143.